The van der Waals surface area contributed by atoms with Crippen LogP contribution in [0.15, 0.2) is 12.4 Å². The van der Waals surface area contributed by atoms with Crippen molar-refractivity contribution in [2.45, 2.75) is 25.1 Å². The molecule has 1 aromatic rings. The van der Waals surface area contributed by atoms with Gasteiger partial charge in [-0.25, -0.2) is 4.98 Å². The number of H-pyrrole nitrogens is 1. The Balaban J connectivity index is 2.39. The van der Waals surface area contributed by atoms with E-state index in [0.717, 1.165) is 0 Å². The van der Waals surface area contributed by atoms with Crippen LogP contribution in [0.1, 0.15) is 24.8 Å². The Labute approximate surface area is 72.6 Å². The minimum absolute atomic E-state index is 0.171. The molecule has 1 atom stereocenters. The predicted molar refractivity (Wildman–Crippen MR) is 38.8 cm³/mol. The molecule has 74 valence electrons. The highest BCUT2D eigenvalue weighted by Gasteiger charge is 2.28. The summed E-state index contributed by atoms with van der Waals surface area (Å²) < 4.78 is 35.1. The van der Waals surface area contributed by atoms with Crippen LogP contribution in [-0.2, 0) is 0 Å². The molecule has 1 unspecified atom stereocenters. The number of nitrogens with zero attached hydrogens (tertiary/aromatic N) is 1. The third-order valence-corrected chi connectivity index (χ3v) is 1.54. The zero-order chi connectivity index (χ0) is 9.90. The highest BCUT2D eigenvalue weighted by Crippen LogP contribution is 2.25. The molecule has 6 heteroatoms. The van der Waals surface area contributed by atoms with Crippen molar-refractivity contribution in [3.05, 3.63) is 18.2 Å². The van der Waals surface area contributed by atoms with Crippen LogP contribution in [0.4, 0.5) is 13.2 Å². The van der Waals surface area contributed by atoms with Gasteiger partial charge in [0.05, 0.1) is 0 Å². The van der Waals surface area contributed by atoms with E-state index in [0.29, 0.717) is 0 Å². The van der Waals surface area contributed by atoms with Gasteiger partial charge in [0.25, 0.3) is 0 Å². The van der Waals surface area contributed by atoms with Crippen LogP contribution in [0, 0.1) is 0 Å². The molecule has 0 fully saturated rings. The molecule has 0 amide bonds. The van der Waals surface area contributed by atoms with E-state index in [1.54, 1.807) is 0 Å². The number of aromatic nitrogens is 2. The van der Waals surface area contributed by atoms with Crippen LogP contribution >= 0.6 is 0 Å². The average Bonchev–Trinajstić information content (AvgIpc) is 2.50. The summed E-state index contributed by atoms with van der Waals surface area (Å²) >= 11 is 0. The monoisotopic (exact) mass is 194 g/mol. The maximum absolute atomic E-state index is 11.7. The fraction of sp³-hybridized carbons (Fsp3) is 0.571. The normalized spacial score (nSPS) is 14.5. The topological polar surface area (TPSA) is 48.9 Å². The van der Waals surface area contributed by atoms with E-state index in [2.05, 4.69) is 9.97 Å². The number of hydrogen-bond donors (Lipinski definition) is 2. The minimum Gasteiger partial charge on any atom is -0.385 e. The Morgan fingerprint density at radius 1 is 1.54 bits per heavy atom. The van der Waals surface area contributed by atoms with Crippen molar-refractivity contribution in [2.24, 2.45) is 0 Å². The molecule has 1 rings (SSSR count). The highest BCUT2D eigenvalue weighted by molar-refractivity contribution is 4.91. The Morgan fingerprint density at radius 3 is 2.69 bits per heavy atom. The van der Waals surface area contributed by atoms with Gasteiger partial charge in [-0.2, -0.15) is 13.2 Å². The summed E-state index contributed by atoms with van der Waals surface area (Å²) in [7, 11) is 0. The zero-order valence-electron chi connectivity index (χ0n) is 6.67. The zero-order valence-corrected chi connectivity index (χ0v) is 6.67. The van der Waals surface area contributed by atoms with Crippen LogP contribution < -0.4 is 0 Å². The van der Waals surface area contributed by atoms with Gasteiger partial charge in [0.2, 0.25) is 0 Å². The number of rotatable bonds is 3. The quantitative estimate of drug-likeness (QED) is 0.770. The van der Waals surface area contributed by atoms with E-state index < -0.39 is 18.7 Å². The summed E-state index contributed by atoms with van der Waals surface area (Å²) in [4.78, 5) is 6.19. The molecule has 0 radical (unpaired) electrons. The summed E-state index contributed by atoms with van der Waals surface area (Å²) in [6, 6.07) is 0. The number of halogens is 3. The molecule has 0 aliphatic heterocycles. The lowest BCUT2D eigenvalue weighted by Gasteiger charge is -2.09. The van der Waals surface area contributed by atoms with Crippen molar-refractivity contribution in [1.82, 2.24) is 9.97 Å². The molecule has 0 saturated heterocycles. The molecule has 13 heavy (non-hydrogen) atoms. The van der Waals surface area contributed by atoms with Gasteiger partial charge in [0.15, 0.2) is 0 Å². The summed E-state index contributed by atoms with van der Waals surface area (Å²) in [5.74, 6) is 0.171. The van der Waals surface area contributed by atoms with Gasteiger partial charge in [-0.15, -0.1) is 0 Å². The number of nitrogens with one attached hydrogen (secondary N) is 1. The number of hydrogen-bond acceptors (Lipinski definition) is 2. The maximum Gasteiger partial charge on any atom is 0.389 e. The van der Waals surface area contributed by atoms with Crippen LogP contribution in [0.5, 0.6) is 0 Å². The molecule has 1 heterocycles. The first-order valence-corrected chi connectivity index (χ1v) is 3.73. The second-order valence-electron chi connectivity index (χ2n) is 2.64. The lowest BCUT2D eigenvalue weighted by atomic mass is 10.2. The van der Waals surface area contributed by atoms with Crippen molar-refractivity contribution in [3.63, 3.8) is 0 Å². The Hall–Kier alpha value is -1.04. The molecule has 0 aromatic carbocycles. The van der Waals surface area contributed by atoms with Crippen LogP contribution in [0.25, 0.3) is 0 Å². The smallest absolute Gasteiger partial charge is 0.385 e. The van der Waals surface area contributed by atoms with E-state index in [9.17, 15) is 18.3 Å². The van der Waals surface area contributed by atoms with E-state index in [4.69, 9.17) is 0 Å². The van der Waals surface area contributed by atoms with Crippen LogP contribution in [0.2, 0.25) is 0 Å². The lowest BCUT2D eigenvalue weighted by Crippen LogP contribution is -2.10. The molecule has 0 spiro atoms. The summed E-state index contributed by atoms with van der Waals surface area (Å²) in [5, 5.41) is 9.18. The van der Waals surface area contributed by atoms with Gasteiger partial charge < -0.3 is 10.1 Å². The Kier molecular flexibility index (Phi) is 2.92. The molecule has 0 aliphatic rings. The van der Waals surface area contributed by atoms with Gasteiger partial charge in [-0.05, 0) is 6.42 Å². The first-order valence-electron chi connectivity index (χ1n) is 3.73. The fourth-order valence-corrected chi connectivity index (χ4v) is 0.897. The van der Waals surface area contributed by atoms with E-state index in [1.165, 1.54) is 12.4 Å². The molecule has 3 nitrogen and oxygen atoms in total. The van der Waals surface area contributed by atoms with Crippen molar-refractivity contribution < 1.29 is 18.3 Å². The van der Waals surface area contributed by atoms with Gasteiger partial charge in [0.1, 0.15) is 11.9 Å². The van der Waals surface area contributed by atoms with Gasteiger partial charge >= 0.3 is 6.18 Å². The first kappa shape index (κ1) is 10.0. The molecule has 0 aliphatic carbocycles. The van der Waals surface area contributed by atoms with Crippen molar-refractivity contribution in [2.75, 3.05) is 0 Å². The Bertz CT molecular complexity index is 245. The second-order valence-corrected chi connectivity index (χ2v) is 2.64. The number of imidazole rings is 1. The number of aliphatic hydroxyl groups is 1. The van der Waals surface area contributed by atoms with Crippen LogP contribution in [-0.4, -0.2) is 21.3 Å². The SMILES string of the molecule is OC(CCC(F)(F)F)c1ncc[nH]1. The third kappa shape index (κ3) is 3.45. The second kappa shape index (κ2) is 3.78. The molecular formula is C7H9F3N2O. The summed E-state index contributed by atoms with van der Waals surface area (Å²) in [6.07, 6.45) is -3.94. The lowest BCUT2D eigenvalue weighted by molar-refractivity contribution is -0.140. The maximum atomic E-state index is 11.7. The summed E-state index contributed by atoms with van der Waals surface area (Å²) in [5.41, 5.74) is 0. The molecule has 0 saturated carbocycles. The fourth-order valence-electron chi connectivity index (χ4n) is 0.897. The molecular weight excluding hydrogens is 185 g/mol. The summed E-state index contributed by atoms with van der Waals surface area (Å²) in [6.45, 7) is 0. The Morgan fingerprint density at radius 2 is 2.23 bits per heavy atom. The van der Waals surface area contributed by atoms with E-state index in [1.807, 2.05) is 0 Å². The van der Waals surface area contributed by atoms with Crippen LogP contribution in [0.3, 0.4) is 0 Å². The minimum atomic E-state index is -4.23. The van der Waals surface area contributed by atoms with Gasteiger partial charge in [0, 0.05) is 18.8 Å². The number of alkyl halides is 3. The van der Waals surface area contributed by atoms with Gasteiger partial charge in [-0.1, -0.05) is 0 Å². The van der Waals surface area contributed by atoms with E-state index >= 15 is 0 Å². The van der Waals surface area contributed by atoms with Crippen molar-refractivity contribution in [1.29, 1.82) is 0 Å². The molecule has 2 N–H and O–H groups in total. The largest absolute Gasteiger partial charge is 0.389 e. The number of aliphatic hydroxyl groups excluding tert-OH is 1. The average molecular weight is 194 g/mol. The third-order valence-electron chi connectivity index (χ3n) is 1.54. The molecule has 1 aromatic heterocycles. The standard InChI is InChI=1S/C7H9F3N2O/c8-7(9,10)2-1-5(13)6-11-3-4-12-6/h3-5,13H,1-2H2,(H,11,12). The van der Waals surface area contributed by atoms with Gasteiger partial charge in [-0.3, -0.25) is 0 Å². The van der Waals surface area contributed by atoms with Crippen molar-refractivity contribution >= 4 is 0 Å². The van der Waals surface area contributed by atoms with Crippen molar-refractivity contribution in [3.8, 4) is 0 Å². The highest BCUT2D eigenvalue weighted by atomic mass is 19.4. The number of aromatic amines is 1. The predicted octanol–water partition coefficient (Wildman–Crippen LogP) is 1.79. The first-order chi connectivity index (χ1) is 5.99. The molecule has 0 bridgehead atoms. The van der Waals surface area contributed by atoms with E-state index in [-0.39, 0.29) is 12.2 Å².